The highest BCUT2D eigenvalue weighted by Gasteiger charge is 2.19. The number of carbonyl (C=O) groups is 1. The summed E-state index contributed by atoms with van der Waals surface area (Å²) in [6.45, 7) is 0. The largest absolute Gasteiger partial charge is 0.477 e. The van der Waals surface area contributed by atoms with Crippen molar-refractivity contribution in [1.82, 2.24) is 9.97 Å². The van der Waals surface area contributed by atoms with E-state index in [0.29, 0.717) is 5.69 Å². The zero-order valence-corrected chi connectivity index (χ0v) is 16.1. The van der Waals surface area contributed by atoms with Gasteiger partial charge in [-0.3, -0.25) is 5.43 Å². The second kappa shape index (κ2) is 7.10. The Labute approximate surface area is 170 Å². The number of hydrogen-bond acceptors (Lipinski definition) is 6. The third-order valence-corrected chi connectivity index (χ3v) is 5.84. The van der Waals surface area contributed by atoms with Gasteiger partial charge in [-0.1, -0.05) is 41.7 Å². The van der Waals surface area contributed by atoms with Crippen molar-refractivity contribution >= 4 is 38.4 Å². The molecule has 0 fully saturated rings. The van der Waals surface area contributed by atoms with Gasteiger partial charge in [0.05, 0.1) is 21.6 Å². The summed E-state index contributed by atoms with van der Waals surface area (Å²) in [5, 5.41) is 14.6. The van der Waals surface area contributed by atoms with Crippen LogP contribution in [0, 0.1) is 0 Å². The Morgan fingerprint density at radius 2 is 1.93 bits per heavy atom. The number of carboxylic acids is 1. The normalized spacial score (nSPS) is 14.3. The van der Waals surface area contributed by atoms with E-state index in [-0.39, 0.29) is 5.69 Å². The minimum atomic E-state index is -1.03. The van der Waals surface area contributed by atoms with E-state index in [9.17, 15) is 9.90 Å². The van der Waals surface area contributed by atoms with Crippen LogP contribution in [0.1, 0.15) is 28.0 Å². The number of aromatic carboxylic acids is 1. The molecule has 2 N–H and O–H groups in total. The van der Waals surface area contributed by atoms with Crippen LogP contribution in [0.25, 0.3) is 21.5 Å². The lowest BCUT2D eigenvalue weighted by Gasteiger charge is -2.06. The van der Waals surface area contributed by atoms with Crippen LogP contribution in [0.3, 0.4) is 0 Å². The first-order valence-corrected chi connectivity index (χ1v) is 10.0. The Hall–Kier alpha value is -3.58. The van der Waals surface area contributed by atoms with Crippen molar-refractivity contribution in [2.24, 2.45) is 5.10 Å². The van der Waals surface area contributed by atoms with E-state index >= 15 is 0 Å². The second-order valence-electron chi connectivity index (χ2n) is 6.74. The molecule has 2 aromatic carbocycles. The molecule has 0 radical (unpaired) electrons. The third kappa shape index (κ3) is 3.36. The van der Waals surface area contributed by atoms with Gasteiger partial charge in [0.15, 0.2) is 0 Å². The molecule has 29 heavy (non-hydrogen) atoms. The summed E-state index contributed by atoms with van der Waals surface area (Å²) in [5.41, 5.74) is 8.88. The SMILES string of the molecule is O=C(O)c1cccc(-c2ccc3c(c2)/C(=N\Nc2nc4ccccc4s2)CC3)n1. The maximum atomic E-state index is 11.2. The molecule has 142 valence electrons. The number of hydrazone groups is 1. The minimum absolute atomic E-state index is 0.0365. The first-order valence-electron chi connectivity index (χ1n) is 9.19. The Morgan fingerprint density at radius 3 is 2.79 bits per heavy atom. The zero-order valence-electron chi connectivity index (χ0n) is 15.3. The van der Waals surface area contributed by atoms with Gasteiger partial charge in [-0.15, -0.1) is 0 Å². The molecule has 0 aliphatic heterocycles. The predicted octanol–water partition coefficient (Wildman–Crippen LogP) is 4.82. The molecule has 0 unspecified atom stereocenters. The van der Waals surface area contributed by atoms with Gasteiger partial charge < -0.3 is 5.11 Å². The van der Waals surface area contributed by atoms with Crippen molar-refractivity contribution < 1.29 is 9.90 Å². The number of pyridine rings is 1. The van der Waals surface area contributed by atoms with Gasteiger partial charge in [-0.05, 0) is 48.7 Å². The summed E-state index contributed by atoms with van der Waals surface area (Å²) in [6.07, 6.45) is 1.78. The third-order valence-electron chi connectivity index (χ3n) is 4.90. The molecule has 0 saturated carbocycles. The summed E-state index contributed by atoms with van der Waals surface area (Å²) in [5.74, 6) is -1.03. The molecule has 0 atom stereocenters. The maximum Gasteiger partial charge on any atom is 0.354 e. The molecular weight excluding hydrogens is 384 g/mol. The lowest BCUT2D eigenvalue weighted by Crippen LogP contribution is -2.02. The van der Waals surface area contributed by atoms with Gasteiger partial charge in [-0.25, -0.2) is 14.8 Å². The van der Waals surface area contributed by atoms with E-state index in [4.69, 9.17) is 0 Å². The molecule has 0 saturated heterocycles. The maximum absolute atomic E-state index is 11.2. The molecule has 0 spiro atoms. The van der Waals surface area contributed by atoms with Crippen LogP contribution in [0.15, 0.2) is 65.8 Å². The Bertz CT molecular complexity index is 1250. The number of anilines is 1. The summed E-state index contributed by atoms with van der Waals surface area (Å²) in [7, 11) is 0. The smallest absolute Gasteiger partial charge is 0.354 e. The monoisotopic (exact) mass is 400 g/mol. The van der Waals surface area contributed by atoms with Crippen LogP contribution >= 0.6 is 11.3 Å². The van der Waals surface area contributed by atoms with Crippen molar-refractivity contribution in [3.05, 3.63) is 77.5 Å². The van der Waals surface area contributed by atoms with Crippen LogP contribution in [-0.2, 0) is 6.42 Å². The van der Waals surface area contributed by atoms with Crippen LogP contribution < -0.4 is 5.43 Å². The summed E-state index contributed by atoms with van der Waals surface area (Å²) < 4.78 is 1.12. The highest BCUT2D eigenvalue weighted by molar-refractivity contribution is 7.22. The highest BCUT2D eigenvalue weighted by atomic mass is 32.1. The summed E-state index contributed by atoms with van der Waals surface area (Å²) >= 11 is 1.57. The lowest BCUT2D eigenvalue weighted by molar-refractivity contribution is 0.0690. The number of benzene rings is 2. The van der Waals surface area contributed by atoms with E-state index in [1.165, 1.54) is 11.6 Å². The standard InChI is InChI=1S/C22H16N4O2S/c27-21(28)19-6-3-5-16(23-19)14-9-8-13-10-11-17(15(13)12-14)25-26-22-24-18-4-1-2-7-20(18)29-22/h1-9,12H,10-11H2,(H,24,26)(H,27,28)/b25-17-. The molecule has 0 amide bonds. The van der Waals surface area contributed by atoms with Crippen molar-refractivity contribution in [2.75, 3.05) is 5.43 Å². The minimum Gasteiger partial charge on any atom is -0.477 e. The lowest BCUT2D eigenvalue weighted by atomic mass is 10.0. The van der Waals surface area contributed by atoms with Crippen LogP contribution in [-0.4, -0.2) is 26.8 Å². The molecule has 1 aliphatic carbocycles. The van der Waals surface area contributed by atoms with Gasteiger partial charge in [0, 0.05) is 11.1 Å². The highest BCUT2D eigenvalue weighted by Crippen LogP contribution is 2.29. The molecule has 6 nitrogen and oxygen atoms in total. The second-order valence-corrected chi connectivity index (χ2v) is 7.77. The van der Waals surface area contributed by atoms with Gasteiger partial charge in [0.2, 0.25) is 5.13 Å². The number of fused-ring (bicyclic) bond motifs is 2. The molecule has 2 heterocycles. The fourth-order valence-electron chi connectivity index (χ4n) is 3.48. The summed E-state index contributed by atoms with van der Waals surface area (Å²) in [6, 6.07) is 19.1. The number of rotatable bonds is 4. The number of aromatic nitrogens is 2. The number of aryl methyl sites for hydroxylation is 1. The van der Waals surface area contributed by atoms with Gasteiger partial charge in [0.1, 0.15) is 5.69 Å². The number of nitrogens with one attached hydrogen (secondary N) is 1. The number of hydrogen-bond donors (Lipinski definition) is 2. The van der Waals surface area contributed by atoms with E-state index in [1.54, 1.807) is 17.4 Å². The van der Waals surface area contributed by atoms with E-state index < -0.39 is 5.97 Å². The van der Waals surface area contributed by atoms with Crippen LogP contribution in [0.2, 0.25) is 0 Å². The Morgan fingerprint density at radius 1 is 1.03 bits per heavy atom. The average Bonchev–Trinajstić information content (AvgIpc) is 3.35. The van der Waals surface area contributed by atoms with Crippen molar-refractivity contribution in [3.63, 3.8) is 0 Å². The van der Waals surface area contributed by atoms with Crippen molar-refractivity contribution in [1.29, 1.82) is 0 Å². The topological polar surface area (TPSA) is 87.5 Å². The first-order chi connectivity index (χ1) is 14.2. The molecule has 1 aliphatic rings. The number of carboxylic acid groups (broad SMARTS) is 1. The van der Waals surface area contributed by atoms with E-state index in [2.05, 4.69) is 26.6 Å². The number of nitrogens with zero attached hydrogens (tertiary/aromatic N) is 3. The first kappa shape index (κ1) is 17.5. The Kier molecular flexibility index (Phi) is 4.29. The van der Waals surface area contributed by atoms with E-state index in [0.717, 1.165) is 45.0 Å². The Balaban J connectivity index is 1.45. The van der Waals surface area contributed by atoms with Gasteiger partial charge in [0.25, 0.3) is 0 Å². The van der Waals surface area contributed by atoms with Crippen molar-refractivity contribution in [2.45, 2.75) is 12.8 Å². The number of thiazole rings is 1. The van der Waals surface area contributed by atoms with Crippen LogP contribution in [0.4, 0.5) is 5.13 Å². The summed E-state index contributed by atoms with van der Waals surface area (Å²) in [4.78, 5) is 20.0. The molecule has 2 aromatic heterocycles. The quantitative estimate of drug-likeness (QED) is 0.480. The fraction of sp³-hybridized carbons (Fsp3) is 0.0909. The number of para-hydroxylation sites is 1. The van der Waals surface area contributed by atoms with Crippen LogP contribution in [0.5, 0.6) is 0 Å². The van der Waals surface area contributed by atoms with E-state index in [1.807, 2.05) is 42.5 Å². The zero-order chi connectivity index (χ0) is 19.8. The molecular formula is C22H16N4O2S. The molecule has 5 rings (SSSR count). The average molecular weight is 400 g/mol. The van der Waals surface area contributed by atoms with Crippen molar-refractivity contribution in [3.8, 4) is 11.3 Å². The molecule has 0 bridgehead atoms. The molecule has 4 aromatic rings. The van der Waals surface area contributed by atoms with Gasteiger partial charge in [-0.2, -0.15) is 5.10 Å². The van der Waals surface area contributed by atoms with Gasteiger partial charge >= 0.3 is 5.97 Å². The molecule has 7 heteroatoms. The predicted molar refractivity (Wildman–Crippen MR) is 115 cm³/mol. The fourth-order valence-corrected chi connectivity index (χ4v) is 4.28.